The van der Waals surface area contributed by atoms with Gasteiger partial charge < -0.3 is 5.73 Å². The highest BCUT2D eigenvalue weighted by atomic mass is 15.2. The summed E-state index contributed by atoms with van der Waals surface area (Å²) < 4.78 is 0. The highest BCUT2D eigenvalue weighted by Gasteiger charge is 2.54. The standard InChI is InChI=1S/C18H36N2/c1-3-5-7-8-9-11-16(10-6-4-2)20-14-17(19)18(15-20)12-13-18/h16-17H,3-15,19H2,1-2H3/t16?,17-/m0/s1. The second-order valence-corrected chi connectivity index (χ2v) is 7.40. The van der Waals surface area contributed by atoms with Crippen molar-refractivity contribution in [2.45, 2.75) is 96.6 Å². The van der Waals surface area contributed by atoms with Gasteiger partial charge in [-0.3, -0.25) is 4.90 Å². The normalized spacial score (nSPS) is 26.2. The molecule has 1 saturated carbocycles. The summed E-state index contributed by atoms with van der Waals surface area (Å²) in [6, 6.07) is 1.29. The maximum atomic E-state index is 6.38. The minimum absolute atomic E-state index is 0.465. The lowest BCUT2D eigenvalue weighted by Crippen LogP contribution is -2.35. The average Bonchev–Trinajstić information content (AvgIpc) is 3.14. The Labute approximate surface area is 126 Å². The van der Waals surface area contributed by atoms with Crippen molar-refractivity contribution in [1.82, 2.24) is 4.90 Å². The van der Waals surface area contributed by atoms with Crippen molar-refractivity contribution in [3.8, 4) is 0 Å². The fourth-order valence-corrected chi connectivity index (χ4v) is 3.93. The first-order valence-electron chi connectivity index (χ1n) is 9.21. The van der Waals surface area contributed by atoms with E-state index in [2.05, 4.69) is 18.7 Å². The van der Waals surface area contributed by atoms with Crippen LogP contribution in [0.1, 0.15) is 84.5 Å². The molecule has 1 spiro atoms. The van der Waals surface area contributed by atoms with E-state index in [0.717, 1.165) is 6.04 Å². The molecule has 0 bridgehead atoms. The van der Waals surface area contributed by atoms with Crippen LogP contribution in [0.15, 0.2) is 0 Å². The zero-order valence-electron chi connectivity index (χ0n) is 13.9. The van der Waals surface area contributed by atoms with E-state index in [1.54, 1.807) is 0 Å². The molecule has 2 fully saturated rings. The van der Waals surface area contributed by atoms with Gasteiger partial charge in [0.1, 0.15) is 0 Å². The number of nitrogens with zero attached hydrogens (tertiary/aromatic N) is 1. The van der Waals surface area contributed by atoms with Crippen LogP contribution in [-0.2, 0) is 0 Å². The number of hydrogen-bond acceptors (Lipinski definition) is 2. The van der Waals surface area contributed by atoms with Crippen molar-refractivity contribution in [2.75, 3.05) is 13.1 Å². The van der Waals surface area contributed by atoms with Gasteiger partial charge in [0.15, 0.2) is 0 Å². The Kier molecular flexibility index (Phi) is 6.35. The Bertz CT molecular complexity index is 273. The first kappa shape index (κ1) is 16.3. The van der Waals surface area contributed by atoms with Gasteiger partial charge in [-0.15, -0.1) is 0 Å². The van der Waals surface area contributed by atoms with Gasteiger partial charge in [-0.25, -0.2) is 0 Å². The van der Waals surface area contributed by atoms with Crippen LogP contribution in [-0.4, -0.2) is 30.1 Å². The first-order chi connectivity index (χ1) is 9.72. The molecule has 0 radical (unpaired) electrons. The number of unbranched alkanes of at least 4 members (excludes halogenated alkanes) is 5. The van der Waals surface area contributed by atoms with Crippen LogP contribution < -0.4 is 5.73 Å². The van der Waals surface area contributed by atoms with Crippen LogP contribution in [0, 0.1) is 5.41 Å². The lowest BCUT2D eigenvalue weighted by atomic mass is 10.00. The predicted molar refractivity (Wildman–Crippen MR) is 87.9 cm³/mol. The number of hydrogen-bond donors (Lipinski definition) is 1. The van der Waals surface area contributed by atoms with E-state index in [4.69, 9.17) is 5.73 Å². The molecule has 2 N–H and O–H groups in total. The summed E-state index contributed by atoms with van der Waals surface area (Å²) >= 11 is 0. The molecule has 0 aromatic heterocycles. The summed E-state index contributed by atoms with van der Waals surface area (Å²) in [4.78, 5) is 2.76. The van der Waals surface area contributed by atoms with Crippen molar-refractivity contribution in [2.24, 2.45) is 11.1 Å². The van der Waals surface area contributed by atoms with Crippen molar-refractivity contribution < 1.29 is 0 Å². The molecule has 2 atom stereocenters. The maximum Gasteiger partial charge on any atom is 0.0237 e. The molecule has 20 heavy (non-hydrogen) atoms. The van der Waals surface area contributed by atoms with Gasteiger partial charge in [-0.2, -0.15) is 0 Å². The molecule has 1 aliphatic heterocycles. The van der Waals surface area contributed by atoms with Crippen LogP contribution in [0.3, 0.4) is 0 Å². The predicted octanol–water partition coefficient (Wildman–Crippen LogP) is 4.33. The Morgan fingerprint density at radius 3 is 2.25 bits per heavy atom. The van der Waals surface area contributed by atoms with E-state index in [9.17, 15) is 0 Å². The molecule has 2 aliphatic rings. The molecule has 0 aromatic rings. The van der Waals surface area contributed by atoms with Gasteiger partial charge >= 0.3 is 0 Å². The largest absolute Gasteiger partial charge is 0.326 e. The van der Waals surface area contributed by atoms with E-state index in [-0.39, 0.29) is 0 Å². The minimum Gasteiger partial charge on any atom is -0.326 e. The third-order valence-corrected chi connectivity index (χ3v) is 5.68. The molecule has 1 saturated heterocycles. The van der Waals surface area contributed by atoms with Gasteiger partial charge in [0, 0.05) is 25.2 Å². The Balaban J connectivity index is 1.75. The van der Waals surface area contributed by atoms with E-state index in [0.29, 0.717) is 11.5 Å². The topological polar surface area (TPSA) is 29.3 Å². The molecule has 0 aromatic carbocycles. The smallest absolute Gasteiger partial charge is 0.0237 e. The third-order valence-electron chi connectivity index (χ3n) is 5.68. The Morgan fingerprint density at radius 2 is 1.65 bits per heavy atom. The van der Waals surface area contributed by atoms with Crippen molar-refractivity contribution in [3.63, 3.8) is 0 Å². The van der Waals surface area contributed by atoms with E-state index in [1.165, 1.54) is 83.7 Å². The highest BCUT2D eigenvalue weighted by molar-refractivity contribution is 5.09. The molecule has 2 heteroatoms. The number of rotatable bonds is 10. The number of nitrogens with two attached hydrogens (primary N) is 1. The van der Waals surface area contributed by atoms with Crippen LogP contribution in [0.5, 0.6) is 0 Å². The summed E-state index contributed by atoms with van der Waals surface area (Å²) in [5, 5.41) is 0. The zero-order valence-corrected chi connectivity index (χ0v) is 13.9. The van der Waals surface area contributed by atoms with Gasteiger partial charge in [-0.05, 0) is 31.1 Å². The van der Waals surface area contributed by atoms with E-state index >= 15 is 0 Å². The third kappa shape index (κ3) is 4.21. The molecule has 2 nitrogen and oxygen atoms in total. The summed E-state index contributed by atoms with van der Waals surface area (Å²) in [5.41, 5.74) is 6.93. The minimum atomic E-state index is 0.465. The maximum absolute atomic E-state index is 6.38. The second-order valence-electron chi connectivity index (χ2n) is 7.40. The zero-order chi connectivity index (χ0) is 14.4. The molecule has 1 unspecified atom stereocenters. The summed E-state index contributed by atoms with van der Waals surface area (Å²) in [5.74, 6) is 0. The summed E-state index contributed by atoms with van der Waals surface area (Å²) in [6.07, 6.45) is 15.4. The van der Waals surface area contributed by atoms with Crippen LogP contribution in [0.4, 0.5) is 0 Å². The van der Waals surface area contributed by atoms with Crippen molar-refractivity contribution in [1.29, 1.82) is 0 Å². The quantitative estimate of drug-likeness (QED) is 0.604. The summed E-state index contributed by atoms with van der Waals surface area (Å²) in [6.45, 7) is 7.09. The molecular weight excluding hydrogens is 244 g/mol. The van der Waals surface area contributed by atoms with E-state index < -0.39 is 0 Å². The first-order valence-corrected chi connectivity index (χ1v) is 9.21. The average molecular weight is 280 g/mol. The summed E-state index contributed by atoms with van der Waals surface area (Å²) in [7, 11) is 0. The second kappa shape index (κ2) is 7.79. The SMILES string of the molecule is CCCCCCCC(CCCC)N1C[C@H](N)C2(CC2)C1. The monoisotopic (exact) mass is 280 g/mol. The molecular formula is C18H36N2. The van der Waals surface area contributed by atoms with E-state index in [1.807, 2.05) is 0 Å². The van der Waals surface area contributed by atoms with Crippen LogP contribution >= 0.6 is 0 Å². The van der Waals surface area contributed by atoms with Gasteiger partial charge in [0.2, 0.25) is 0 Å². The molecule has 2 rings (SSSR count). The lowest BCUT2D eigenvalue weighted by molar-refractivity contribution is 0.200. The van der Waals surface area contributed by atoms with Crippen molar-refractivity contribution in [3.05, 3.63) is 0 Å². The lowest BCUT2D eigenvalue weighted by Gasteiger charge is -2.28. The van der Waals surface area contributed by atoms with Gasteiger partial charge in [0.25, 0.3) is 0 Å². The number of likely N-dealkylation sites (tertiary alicyclic amines) is 1. The highest BCUT2D eigenvalue weighted by Crippen LogP contribution is 2.52. The van der Waals surface area contributed by atoms with Gasteiger partial charge in [-0.1, -0.05) is 58.8 Å². The van der Waals surface area contributed by atoms with Crippen LogP contribution in [0.25, 0.3) is 0 Å². The molecule has 1 aliphatic carbocycles. The Morgan fingerprint density at radius 1 is 1.00 bits per heavy atom. The molecule has 0 amide bonds. The Hall–Kier alpha value is -0.0800. The molecule has 118 valence electrons. The van der Waals surface area contributed by atoms with Gasteiger partial charge in [0.05, 0.1) is 0 Å². The fourth-order valence-electron chi connectivity index (χ4n) is 3.93. The fraction of sp³-hybridized carbons (Fsp3) is 1.00. The molecule has 1 heterocycles. The van der Waals surface area contributed by atoms with Crippen molar-refractivity contribution >= 4 is 0 Å². The van der Waals surface area contributed by atoms with Crippen LogP contribution in [0.2, 0.25) is 0 Å².